The minimum Gasteiger partial charge on any atom is -0.336 e. The van der Waals surface area contributed by atoms with Crippen molar-refractivity contribution in [3.8, 4) is 0 Å². The predicted octanol–water partition coefficient (Wildman–Crippen LogP) is 1.14. The van der Waals surface area contributed by atoms with Gasteiger partial charge in [0.1, 0.15) is 11.4 Å². The molecule has 0 saturated heterocycles. The molecule has 0 radical (unpaired) electrons. The summed E-state index contributed by atoms with van der Waals surface area (Å²) in [6.07, 6.45) is 5.47. The molecule has 0 saturated carbocycles. The summed E-state index contributed by atoms with van der Waals surface area (Å²) in [7, 11) is 0. The third kappa shape index (κ3) is 2.49. The number of nitrogens with zero attached hydrogens (tertiary/aromatic N) is 6. The highest BCUT2D eigenvalue weighted by molar-refractivity contribution is 5.99. The molecule has 0 bridgehead atoms. The number of benzene rings is 1. The molecule has 1 aliphatic heterocycles. The Morgan fingerprint density at radius 3 is 2.89 bits per heavy atom. The molecule has 4 aromatic rings. The number of carbonyl (C=O) groups excluding carboxylic acids is 1. The summed E-state index contributed by atoms with van der Waals surface area (Å²) in [6.45, 7) is 1.36. The van der Waals surface area contributed by atoms with Crippen LogP contribution in [-0.2, 0) is 13.0 Å². The van der Waals surface area contributed by atoms with Gasteiger partial charge in [0.2, 0.25) is 0 Å². The maximum absolute atomic E-state index is 13.0. The molecule has 1 amide bonds. The Hall–Kier alpha value is -3.55. The van der Waals surface area contributed by atoms with Crippen LogP contribution in [0.15, 0.2) is 53.7 Å². The molecule has 0 aliphatic carbocycles. The first-order chi connectivity index (χ1) is 13.2. The van der Waals surface area contributed by atoms with E-state index in [2.05, 4.69) is 15.1 Å². The van der Waals surface area contributed by atoms with Crippen molar-refractivity contribution in [2.24, 2.45) is 0 Å². The molecule has 134 valence electrons. The maximum Gasteiger partial charge on any atom is 0.261 e. The molecule has 0 atom stereocenters. The zero-order chi connectivity index (χ0) is 18.4. The quantitative estimate of drug-likeness (QED) is 0.508. The first-order valence-corrected chi connectivity index (χ1v) is 8.78. The monoisotopic (exact) mass is 360 g/mol. The maximum atomic E-state index is 13.0. The Morgan fingerprint density at radius 1 is 1.07 bits per heavy atom. The molecule has 5 rings (SSSR count). The lowest BCUT2D eigenvalue weighted by Crippen LogP contribution is -2.34. The second-order valence-electron chi connectivity index (χ2n) is 6.49. The van der Waals surface area contributed by atoms with E-state index in [-0.39, 0.29) is 11.5 Å². The topological polar surface area (TPSA) is 85.4 Å². The Bertz CT molecular complexity index is 1240. The number of para-hydroxylation sites is 1. The number of amides is 1. The molecule has 8 nitrogen and oxygen atoms in total. The predicted molar refractivity (Wildman–Crippen MR) is 98.6 cm³/mol. The van der Waals surface area contributed by atoms with Gasteiger partial charge >= 0.3 is 0 Å². The molecule has 4 heterocycles. The van der Waals surface area contributed by atoms with Gasteiger partial charge in [-0.2, -0.15) is 5.10 Å². The molecule has 3 aromatic heterocycles. The molecular weight excluding hydrogens is 344 g/mol. The van der Waals surface area contributed by atoms with Gasteiger partial charge in [-0.05, 0) is 18.2 Å². The number of fused-ring (bicyclic) bond motifs is 3. The minimum atomic E-state index is -0.130. The Balaban J connectivity index is 1.49. The lowest BCUT2D eigenvalue weighted by Gasteiger charge is -2.19. The van der Waals surface area contributed by atoms with Gasteiger partial charge in [-0.15, -0.1) is 0 Å². The smallest absolute Gasteiger partial charge is 0.261 e. The second-order valence-corrected chi connectivity index (χ2v) is 6.49. The summed E-state index contributed by atoms with van der Waals surface area (Å²) < 4.78 is 3.27. The van der Waals surface area contributed by atoms with E-state index >= 15 is 0 Å². The van der Waals surface area contributed by atoms with E-state index in [0.29, 0.717) is 54.0 Å². The van der Waals surface area contributed by atoms with E-state index in [0.717, 1.165) is 0 Å². The van der Waals surface area contributed by atoms with Gasteiger partial charge in [-0.25, -0.2) is 14.5 Å². The first kappa shape index (κ1) is 15.7. The largest absolute Gasteiger partial charge is 0.336 e. The molecule has 27 heavy (non-hydrogen) atoms. The third-order valence-corrected chi connectivity index (χ3v) is 4.94. The van der Waals surface area contributed by atoms with Crippen LogP contribution in [0.3, 0.4) is 0 Å². The average Bonchev–Trinajstić information content (AvgIpc) is 3.01. The van der Waals surface area contributed by atoms with Gasteiger partial charge in [0.25, 0.3) is 11.5 Å². The second kappa shape index (κ2) is 6.01. The van der Waals surface area contributed by atoms with Crippen molar-refractivity contribution < 1.29 is 4.79 Å². The van der Waals surface area contributed by atoms with Crippen LogP contribution < -0.4 is 5.56 Å². The van der Waals surface area contributed by atoms with Crippen LogP contribution in [0.2, 0.25) is 0 Å². The molecule has 1 aliphatic rings. The average molecular weight is 360 g/mol. The van der Waals surface area contributed by atoms with Crippen molar-refractivity contribution in [2.75, 3.05) is 13.1 Å². The van der Waals surface area contributed by atoms with Crippen LogP contribution >= 0.6 is 0 Å². The van der Waals surface area contributed by atoms with E-state index in [1.54, 1.807) is 44.7 Å². The Morgan fingerprint density at radius 2 is 1.96 bits per heavy atom. The summed E-state index contributed by atoms with van der Waals surface area (Å²) >= 11 is 0. The van der Waals surface area contributed by atoms with Crippen molar-refractivity contribution in [3.63, 3.8) is 0 Å². The standard InChI is InChI=1S/C19H16N6O2/c26-18(14-12-21-25-8-3-7-20-17(14)25)23-9-6-16-22-15-5-2-1-4-13(15)19(27)24(16)11-10-23/h1-5,7-8,12H,6,9-11H2. The van der Waals surface area contributed by atoms with Crippen LogP contribution in [0.1, 0.15) is 16.2 Å². The van der Waals surface area contributed by atoms with E-state index in [1.807, 2.05) is 18.2 Å². The van der Waals surface area contributed by atoms with E-state index < -0.39 is 0 Å². The van der Waals surface area contributed by atoms with Gasteiger partial charge in [-0.1, -0.05) is 12.1 Å². The van der Waals surface area contributed by atoms with Crippen LogP contribution in [0, 0.1) is 0 Å². The zero-order valence-electron chi connectivity index (χ0n) is 14.4. The Kier molecular flexibility index (Phi) is 3.49. The fourth-order valence-electron chi connectivity index (χ4n) is 3.55. The van der Waals surface area contributed by atoms with Crippen molar-refractivity contribution in [1.29, 1.82) is 0 Å². The lowest BCUT2D eigenvalue weighted by atomic mass is 10.2. The number of carbonyl (C=O) groups is 1. The Labute approximate surface area is 153 Å². The molecule has 0 spiro atoms. The van der Waals surface area contributed by atoms with Crippen LogP contribution in [-0.4, -0.2) is 48.0 Å². The van der Waals surface area contributed by atoms with E-state index in [9.17, 15) is 9.59 Å². The summed E-state index contributed by atoms with van der Waals surface area (Å²) in [5.41, 5.74) is 1.64. The van der Waals surface area contributed by atoms with Gasteiger partial charge in [0.05, 0.1) is 17.1 Å². The number of aromatic nitrogens is 5. The van der Waals surface area contributed by atoms with Gasteiger partial charge < -0.3 is 4.90 Å². The lowest BCUT2D eigenvalue weighted by molar-refractivity contribution is 0.0761. The van der Waals surface area contributed by atoms with Crippen molar-refractivity contribution in [1.82, 2.24) is 29.0 Å². The van der Waals surface area contributed by atoms with Crippen molar-refractivity contribution in [3.05, 3.63) is 70.7 Å². The summed E-state index contributed by atoms with van der Waals surface area (Å²) in [5, 5.41) is 4.79. The zero-order valence-corrected chi connectivity index (χ0v) is 14.4. The molecule has 0 N–H and O–H groups in total. The van der Waals surface area contributed by atoms with Crippen LogP contribution in [0.5, 0.6) is 0 Å². The highest BCUT2D eigenvalue weighted by Gasteiger charge is 2.24. The summed E-state index contributed by atoms with van der Waals surface area (Å²) in [5.74, 6) is 0.584. The fourth-order valence-corrected chi connectivity index (χ4v) is 3.55. The molecule has 0 unspecified atom stereocenters. The highest BCUT2D eigenvalue weighted by atomic mass is 16.2. The SMILES string of the molecule is O=C(c1cnn2cccnc12)N1CCc2nc3ccccc3c(=O)n2CC1. The number of hydrogen-bond acceptors (Lipinski definition) is 5. The van der Waals surface area contributed by atoms with E-state index in [4.69, 9.17) is 0 Å². The molecule has 1 aromatic carbocycles. The normalized spacial score (nSPS) is 14.3. The van der Waals surface area contributed by atoms with Gasteiger partial charge in [0.15, 0.2) is 5.65 Å². The minimum absolute atomic E-state index is 0.0532. The van der Waals surface area contributed by atoms with Crippen molar-refractivity contribution in [2.45, 2.75) is 13.0 Å². The van der Waals surface area contributed by atoms with Crippen molar-refractivity contribution >= 4 is 22.5 Å². The third-order valence-electron chi connectivity index (χ3n) is 4.94. The fraction of sp³-hybridized carbons (Fsp3) is 0.211. The highest BCUT2D eigenvalue weighted by Crippen LogP contribution is 2.15. The molecular formula is C19H16N6O2. The molecule has 8 heteroatoms. The summed E-state index contributed by atoms with van der Waals surface area (Å²) in [6, 6.07) is 9.10. The van der Waals surface area contributed by atoms with E-state index in [1.165, 1.54) is 0 Å². The van der Waals surface area contributed by atoms with Gasteiger partial charge in [0, 0.05) is 38.4 Å². The van der Waals surface area contributed by atoms with Crippen LogP contribution in [0.4, 0.5) is 0 Å². The van der Waals surface area contributed by atoms with Gasteiger partial charge in [-0.3, -0.25) is 14.2 Å². The number of rotatable bonds is 1. The molecule has 0 fully saturated rings. The summed E-state index contributed by atoms with van der Waals surface area (Å²) in [4.78, 5) is 36.5. The first-order valence-electron chi connectivity index (χ1n) is 8.78. The van der Waals surface area contributed by atoms with Crippen LogP contribution in [0.25, 0.3) is 16.6 Å². The number of hydrogen-bond donors (Lipinski definition) is 0.